The molecular formula is C21H33NO2. The molecule has 3 saturated carbocycles. The molecule has 1 N–H and O–H groups in total. The Morgan fingerprint density at radius 1 is 1.12 bits per heavy atom. The van der Waals surface area contributed by atoms with Crippen LogP contribution in [0.4, 0.5) is 0 Å². The Hall–Kier alpha value is -1.12. The van der Waals surface area contributed by atoms with Crippen molar-refractivity contribution in [3.05, 3.63) is 12.7 Å². The molecule has 0 spiro atoms. The lowest BCUT2D eigenvalue weighted by Gasteiger charge is -2.34. The summed E-state index contributed by atoms with van der Waals surface area (Å²) in [7, 11) is 0. The Morgan fingerprint density at radius 3 is 2.71 bits per heavy atom. The first-order valence-corrected chi connectivity index (χ1v) is 10.1. The van der Waals surface area contributed by atoms with Crippen LogP contribution in [-0.2, 0) is 9.59 Å². The third kappa shape index (κ3) is 3.60. The lowest BCUT2D eigenvalue weighted by Crippen LogP contribution is -2.35. The molecule has 134 valence electrons. The van der Waals surface area contributed by atoms with Gasteiger partial charge in [-0.25, -0.2) is 0 Å². The van der Waals surface area contributed by atoms with Crippen LogP contribution in [0, 0.1) is 35.5 Å². The van der Waals surface area contributed by atoms with Gasteiger partial charge >= 0.3 is 0 Å². The molecule has 24 heavy (non-hydrogen) atoms. The van der Waals surface area contributed by atoms with E-state index in [0.29, 0.717) is 12.8 Å². The molecule has 0 aliphatic heterocycles. The van der Waals surface area contributed by atoms with Crippen molar-refractivity contribution in [3.63, 3.8) is 0 Å². The SMILES string of the molecule is C=CC(=O)CCCCC1CCC2C3CC(CC3CNC(=O)CC)C12. The average Bonchev–Trinajstić information content (AvgIpc) is 3.28. The first-order valence-electron chi connectivity index (χ1n) is 10.1. The van der Waals surface area contributed by atoms with Gasteiger partial charge in [-0.05, 0) is 73.7 Å². The molecule has 0 heterocycles. The molecule has 0 radical (unpaired) electrons. The van der Waals surface area contributed by atoms with Gasteiger partial charge in [-0.15, -0.1) is 0 Å². The van der Waals surface area contributed by atoms with Gasteiger partial charge in [0.2, 0.25) is 5.91 Å². The summed E-state index contributed by atoms with van der Waals surface area (Å²) >= 11 is 0. The van der Waals surface area contributed by atoms with Crippen LogP contribution in [0.3, 0.4) is 0 Å². The molecule has 6 unspecified atom stereocenters. The molecule has 3 nitrogen and oxygen atoms in total. The second kappa shape index (κ2) is 7.84. The molecule has 0 aromatic carbocycles. The summed E-state index contributed by atoms with van der Waals surface area (Å²) in [6.45, 7) is 6.38. The fourth-order valence-electron chi connectivity index (χ4n) is 6.16. The van der Waals surface area contributed by atoms with E-state index in [9.17, 15) is 9.59 Å². The molecule has 6 atom stereocenters. The Labute approximate surface area is 146 Å². The number of fused-ring (bicyclic) bond motifs is 5. The van der Waals surface area contributed by atoms with Crippen molar-refractivity contribution in [2.24, 2.45) is 35.5 Å². The maximum absolute atomic E-state index is 11.5. The minimum atomic E-state index is 0.191. The summed E-state index contributed by atoms with van der Waals surface area (Å²) in [6.07, 6.45) is 11.8. The fourth-order valence-corrected chi connectivity index (χ4v) is 6.16. The van der Waals surface area contributed by atoms with Crippen molar-refractivity contribution in [1.29, 1.82) is 0 Å². The average molecular weight is 332 g/mol. The van der Waals surface area contributed by atoms with Gasteiger partial charge in [0.1, 0.15) is 0 Å². The highest BCUT2D eigenvalue weighted by molar-refractivity contribution is 5.88. The van der Waals surface area contributed by atoms with E-state index in [4.69, 9.17) is 0 Å². The van der Waals surface area contributed by atoms with Crippen molar-refractivity contribution >= 4 is 11.7 Å². The Morgan fingerprint density at radius 2 is 1.96 bits per heavy atom. The van der Waals surface area contributed by atoms with Crippen LogP contribution < -0.4 is 5.32 Å². The second-order valence-corrected chi connectivity index (χ2v) is 8.31. The smallest absolute Gasteiger partial charge is 0.219 e. The number of rotatable bonds is 9. The van der Waals surface area contributed by atoms with E-state index in [1.165, 1.54) is 44.6 Å². The third-order valence-electron chi connectivity index (χ3n) is 7.15. The van der Waals surface area contributed by atoms with Crippen molar-refractivity contribution in [2.45, 2.75) is 64.7 Å². The number of carbonyl (C=O) groups is 2. The zero-order chi connectivity index (χ0) is 17.1. The van der Waals surface area contributed by atoms with Gasteiger partial charge in [0.25, 0.3) is 0 Å². The quantitative estimate of drug-likeness (QED) is 0.510. The van der Waals surface area contributed by atoms with E-state index in [1.54, 1.807) is 0 Å². The Bertz CT molecular complexity index is 486. The number of carbonyl (C=O) groups excluding carboxylic acids is 2. The van der Waals surface area contributed by atoms with Gasteiger partial charge in [0.15, 0.2) is 5.78 Å². The zero-order valence-electron chi connectivity index (χ0n) is 15.1. The molecule has 0 aromatic rings. The maximum Gasteiger partial charge on any atom is 0.219 e. The van der Waals surface area contributed by atoms with Crippen molar-refractivity contribution in [3.8, 4) is 0 Å². The lowest BCUT2D eigenvalue weighted by atomic mass is 9.72. The highest BCUT2D eigenvalue weighted by atomic mass is 16.1. The van der Waals surface area contributed by atoms with E-state index in [-0.39, 0.29) is 11.7 Å². The summed E-state index contributed by atoms with van der Waals surface area (Å²) in [4.78, 5) is 22.8. The predicted octanol–water partition coefficient (Wildman–Crippen LogP) is 4.13. The van der Waals surface area contributed by atoms with E-state index < -0.39 is 0 Å². The molecule has 2 bridgehead atoms. The van der Waals surface area contributed by atoms with Crippen molar-refractivity contribution in [1.82, 2.24) is 5.32 Å². The van der Waals surface area contributed by atoms with E-state index in [1.807, 2.05) is 6.92 Å². The number of unbranched alkanes of at least 4 members (excludes halogenated alkanes) is 1. The fraction of sp³-hybridized carbons (Fsp3) is 0.810. The van der Waals surface area contributed by atoms with Crippen LogP contribution >= 0.6 is 0 Å². The number of allylic oxidation sites excluding steroid dienone is 1. The Balaban J connectivity index is 1.44. The van der Waals surface area contributed by atoms with Gasteiger partial charge < -0.3 is 5.32 Å². The third-order valence-corrected chi connectivity index (χ3v) is 7.15. The topological polar surface area (TPSA) is 46.2 Å². The minimum Gasteiger partial charge on any atom is -0.356 e. The predicted molar refractivity (Wildman–Crippen MR) is 96.4 cm³/mol. The summed E-state index contributed by atoms with van der Waals surface area (Å²) in [6, 6.07) is 0. The van der Waals surface area contributed by atoms with Crippen LogP contribution in [0.2, 0.25) is 0 Å². The Kier molecular flexibility index (Phi) is 5.78. The van der Waals surface area contributed by atoms with E-state index in [0.717, 1.165) is 48.5 Å². The highest BCUT2D eigenvalue weighted by Gasteiger charge is 2.56. The molecule has 3 heteroatoms. The van der Waals surface area contributed by atoms with Crippen LogP contribution in [0.5, 0.6) is 0 Å². The van der Waals surface area contributed by atoms with E-state index >= 15 is 0 Å². The monoisotopic (exact) mass is 331 g/mol. The molecule has 1 amide bonds. The summed E-state index contributed by atoms with van der Waals surface area (Å²) < 4.78 is 0. The molecular weight excluding hydrogens is 298 g/mol. The van der Waals surface area contributed by atoms with Crippen molar-refractivity contribution in [2.75, 3.05) is 6.54 Å². The standard InChI is InChI=1S/C21H33NO2/c1-3-17(23)8-6-5-7-14-9-10-18-19-12-15(21(14)18)11-16(19)13-22-20(24)4-2/h3,14-16,18-19,21H,1,4-13H2,2H3,(H,22,24). The number of ketones is 1. The largest absolute Gasteiger partial charge is 0.356 e. The molecule has 3 rings (SSSR count). The van der Waals surface area contributed by atoms with Crippen LogP contribution in [-0.4, -0.2) is 18.2 Å². The molecule has 3 aliphatic carbocycles. The van der Waals surface area contributed by atoms with Gasteiger partial charge in [0, 0.05) is 19.4 Å². The van der Waals surface area contributed by atoms with Gasteiger partial charge in [-0.2, -0.15) is 0 Å². The number of hydrogen-bond acceptors (Lipinski definition) is 2. The van der Waals surface area contributed by atoms with Crippen LogP contribution in [0.15, 0.2) is 12.7 Å². The number of amides is 1. The van der Waals surface area contributed by atoms with Gasteiger partial charge in [0.05, 0.1) is 0 Å². The molecule has 0 saturated heterocycles. The molecule has 3 fully saturated rings. The van der Waals surface area contributed by atoms with E-state index in [2.05, 4.69) is 11.9 Å². The molecule has 3 aliphatic rings. The summed E-state index contributed by atoms with van der Waals surface area (Å²) in [5.74, 6) is 5.67. The van der Waals surface area contributed by atoms with Crippen molar-refractivity contribution < 1.29 is 9.59 Å². The van der Waals surface area contributed by atoms with Crippen LogP contribution in [0.1, 0.15) is 64.7 Å². The summed E-state index contributed by atoms with van der Waals surface area (Å²) in [5.41, 5.74) is 0. The first kappa shape index (κ1) is 17.7. The maximum atomic E-state index is 11.5. The number of hydrogen-bond donors (Lipinski definition) is 1. The lowest BCUT2D eigenvalue weighted by molar-refractivity contribution is -0.121. The first-order chi connectivity index (χ1) is 11.6. The molecule has 0 aromatic heterocycles. The zero-order valence-corrected chi connectivity index (χ0v) is 15.1. The normalized spacial score (nSPS) is 36.5. The summed E-state index contributed by atoms with van der Waals surface area (Å²) in [5, 5.41) is 3.13. The van der Waals surface area contributed by atoms with Gasteiger partial charge in [-0.3, -0.25) is 9.59 Å². The minimum absolute atomic E-state index is 0.191. The van der Waals surface area contributed by atoms with Gasteiger partial charge in [-0.1, -0.05) is 26.3 Å². The van der Waals surface area contributed by atoms with Crippen LogP contribution in [0.25, 0.3) is 0 Å². The number of nitrogens with one attached hydrogen (secondary N) is 1. The highest BCUT2D eigenvalue weighted by Crippen LogP contribution is 2.63. The second-order valence-electron chi connectivity index (χ2n) is 8.31.